The minimum atomic E-state index is -1.58. The quantitative estimate of drug-likeness (QED) is 0.472. The van der Waals surface area contributed by atoms with Crippen LogP contribution in [0.4, 0.5) is 0 Å². The Bertz CT molecular complexity index is 686. The van der Waals surface area contributed by atoms with Crippen LogP contribution >= 0.6 is 0 Å². The number of aliphatic hydroxyl groups excluding tert-OH is 1. The van der Waals surface area contributed by atoms with Gasteiger partial charge in [-0.25, -0.2) is 0 Å². The zero-order valence-electron chi connectivity index (χ0n) is 19.7. The highest BCUT2D eigenvalue weighted by atomic mass is 16.5. The predicted octanol–water partition coefficient (Wildman–Crippen LogP) is 5.91. The first kappa shape index (κ1) is 23.8. The van der Waals surface area contributed by atoms with Crippen molar-refractivity contribution in [1.29, 1.82) is 0 Å². The van der Waals surface area contributed by atoms with E-state index in [0.29, 0.717) is 36.0 Å². The first-order valence-corrected chi connectivity index (χ1v) is 12.2. The number of hydrogen-bond acceptors (Lipinski definition) is 3. The van der Waals surface area contributed by atoms with Gasteiger partial charge < -0.3 is 15.3 Å². The fourth-order valence-electron chi connectivity index (χ4n) is 6.60. The lowest BCUT2D eigenvalue weighted by molar-refractivity contribution is -0.166. The van der Waals surface area contributed by atoms with Gasteiger partial charge in [0, 0.05) is 12.8 Å². The molecule has 3 heteroatoms. The lowest BCUT2D eigenvalue weighted by Crippen LogP contribution is -2.36. The minimum Gasteiger partial charge on any atom is -0.393 e. The molecule has 3 aliphatic rings. The van der Waals surface area contributed by atoms with Crippen LogP contribution in [0.25, 0.3) is 0 Å². The number of allylic oxidation sites excluding steroid dienone is 4. The molecule has 3 N–H and O–H groups in total. The van der Waals surface area contributed by atoms with Crippen LogP contribution in [0.15, 0.2) is 35.5 Å². The van der Waals surface area contributed by atoms with Crippen molar-refractivity contribution in [2.45, 2.75) is 104 Å². The van der Waals surface area contributed by atoms with Crippen LogP contribution in [0.5, 0.6) is 0 Å². The number of fused-ring (bicyclic) bond motifs is 1. The molecule has 5 atom stereocenters. The fourth-order valence-corrected chi connectivity index (χ4v) is 6.60. The molecule has 0 bridgehead atoms. The van der Waals surface area contributed by atoms with Crippen molar-refractivity contribution in [3.8, 4) is 0 Å². The topological polar surface area (TPSA) is 60.7 Å². The van der Waals surface area contributed by atoms with Crippen LogP contribution < -0.4 is 0 Å². The van der Waals surface area contributed by atoms with Crippen molar-refractivity contribution in [3.63, 3.8) is 0 Å². The molecule has 3 rings (SSSR count). The molecule has 0 spiro atoms. The molecule has 0 aromatic carbocycles. The largest absolute Gasteiger partial charge is 0.393 e. The third-order valence-corrected chi connectivity index (χ3v) is 8.67. The summed E-state index contributed by atoms with van der Waals surface area (Å²) in [6.45, 7) is 13.3. The molecule has 3 saturated carbocycles. The Balaban J connectivity index is 1.72. The van der Waals surface area contributed by atoms with E-state index in [-0.39, 0.29) is 12.5 Å². The number of rotatable bonds is 6. The van der Waals surface area contributed by atoms with Crippen molar-refractivity contribution >= 4 is 0 Å². The first-order chi connectivity index (χ1) is 14.0. The van der Waals surface area contributed by atoms with E-state index in [4.69, 9.17) is 0 Å². The zero-order chi connectivity index (χ0) is 22.1. The van der Waals surface area contributed by atoms with Crippen molar-refractivity contribution in [2.24, 2.45) is 29.1 Å². The van der Waals surface area contributed by atoms with Crippen LogP contribution in [0.3, 0.4) is 0 Å². The van der Waals surface area contributed by atoms with Gasteiger partial charge in [-0.15, -0.1) is 0 Å². The van der Waals surface area contributed by atoms with Gasteiger partial charge in [0.2, 0.25) is 0 Å². The lowest BCUT2D eigenvalue weighted by atomic mass is 9.60. The monoisotopic (exact) mass is 416 g/mol. The van der Waals surface area contributed by atoms with Gasteiger partial charge in [-0.1, -0.05) is 57.6 Å². The van der Waals surface area contributed by atoms with Crippen LogP contribution in [0, 0.1) is 29.1 Å². The van der Waals surface area contributed by atoms with Crippen LogP contribution in [0.2, 0.25) is 0 Å². The lowest BCUT2D eigenvalue weighted by Gasteiger charge is -2.44. The van der Waals surface area contributed by atoms with Crippen LogP contribution in [-0.2, 0) is 0 Å². The maximum Gasteiger partial charge on any atom is 0.166 e. The van der Waals surface area contributed by atoms with E-state index >= 15 is 0 Å². The standard InChI is InChI=1S/C27H44O3/c1-18(2)25(28)13-8-20(4)23-11-12-24-21(7-6-15-26(23,24)5)9-10-22-17-27(29,30)16-14-19(22)3/h9-10,18,20,23-25,28-30H,3,6-8,11-17H2,1-2,4-5H3/b21-9?,22-10-/t20-,23-,24?,25-,26-/m1/s1. The molecule has 170 valence electrons. The van der Waals surface area contributed by atoms with Gasteiger partial charge in [-0.2, -0.15) is 0 Å². The van der Waals surface area contributed by atoms with Crippen LogP contribution in [-0.4, -0.2) is 27.2 Å². The summed E-state index contributed by atoms with van der Waals surface area (Å²) in [5, 5.41) is 30.3. The van der Waals surface area contributed by atoms with Crippen LogP contribution in [0.1, 0.15) is 91.9 Å². The minimum absolute atomic E-state index is 0.181. The average Bonchev–Trinajstić information content (AvgIpc) is 3.04. The van der Waals surface area contributed by atoms with Gasteiger partial charge in [0.05, 0.1) is 6.10 Å². The molecule has 0 saturated heterocycles. The van der Waals surface area contributed by atoms with E-state index in [9.17, 15) is 15.3 Å². The summed E-state index contributed by atoms with van der Waals surface area (Å²) in [5.74, 6) is 0.767. The average molecular weight is 417 g/mol. The summed E-state index contributed by atoms with van der Waals surface area (Å²) in [6.07, 6.45) is 13.8. The second-order valence-electron chi connectivity index (χ2n) is 11.2. The summed E-state index contributed by atoms with van der Waals surface area (Å²) in [7, 11) is 0. The normalized spacial score (nSPS) is 36.3. The summed E-state index contributed by atoms with van der Waals surface area (Å²) in [5.41, 5.74) is 3.95. The maximum absolute atomic E-state index is 10.3. The van der Waals surface area contributed by atoms with Crippen molar-refractivity contribution in [2.75, 3.05) is 0 Å². The molecule has 1 unspecified atom stereocenters. The van der Waals surface area contributed by atoms with E-state index in [0.717, 1.165) is 36.3 Å². The molecule has 0 radical (unpaired) electrons. The zero-order valence-corrected chi connectivity index (χ0v) is 19.7. The Morgan fingerprint density at radius 3 is 2.50 bits per heavy atom. The second-order valence-corrected chi connectivity index (χ2v) is 11.2. The molecule has 0 aromatic heterocycles. The highest BCUT2D eigenvalue weighted by Crippen LogP contribution is 2.60. The summed E-state index contributed by atoms with van der Waals surface area (Å²) < 4.78 is 0. The van der Waals surface area contributed by atoms with Gasteiger partial charge >= 0.3 is 0 Å². The third-order valence-electron chi connectivity index (χ3n) is 8.67. The fraction of sp³-hybridized carbons (Fsp3) is 0.778. The smallest absolute Gasteiger partial charge is 0.166 e. The summed E-state index contributed by atoms with van der Waals surface area (Å²) >= 11 is 0. The molecule has 0 aromatic rings. The van der Waals surface area contributed by atoms with E-state index in [1.54, 1.807) is 5.57 Å². The molecule has 3 aliphatic carbocycles. The second kappa shape index (κ2) is 9.30. The molecule has 30 heavy (non-hydrogen) atoms. The van der Waals surface area contributed by atoms with Gasteiger partial charge in [0.15, 0.2) is 5.79 Å². The predicted molar refractivity (Wildman–Crippen MR) is 124 cm³/mol. The number of aliphatic hydroxyl groups is 3. The van der Waals surface area contributed by atoms with Crippen molar-refractivity contribution in [3.05, 3.63) is 35.5 Å². The van der Waals surface area contributed by atoms with Crippen molar-refractivity contribution < 1.29 is 15.3 Å². The Kier molecular flexibility index (Phi) is 7.37. The highest BCUT2D eigenvalue weighted by molar-refractivity contribution is 5.36. The van der Waals surface area contributed by atoms with E-state index in [1.807, 2.05) is 0 Å². The van der Waals surface area contributed by atoms with E-state index in [2.05, 4.69) is 46.4 Å². The number of hydrogen-bond donors (Lipinski definition) is 3. The van der Waals surface area contributed by atoms with Gasteiger partial charge in [0.1, 0.15) is 0 Å². The molecule has 0 aliphatic heterocycles. The van der Waals surface area contributed by atoms with E-state index < -0.39 is 5.79 Å². The Morgan fingerprint density at radius 1 is 1.07 bits per heavy atom. The summed E-state index contributed by atoms with van der Waals surface area (Å²) in [6, 6.07) is 0. The molecule has 0 heterocycles. The SMILES string of the molecule is C=C1CCC(O)(O)C/C1=C/C=C1CCC[C@@]2(C)C1CC[C@@H]2[C@H](C)CC[C@@H](O)C(C)C. The molecule has 3 nitrogen and oxygen atoms in total. The van der Waals surface area contributed by atoms with Crippen molar-refractivity contribution in [1.82, 2.24) is 0 Å². The molecule has 0 amide bonds. The molecular formula is C27H44O3. The molecular weight excluding hydrogens is 372 g/mol. The van der Waals surface area contributed by atoms with E-state index in [1.165, 1.54) is 25.7 Å². The highest BCUT2D eigenvalue weighted by Gasteiger charge is 2.50. The Hall–Kier alpha value is -0.900. The maximum atomic E-state index is 10.3. The Labute approximate surface area is 184 Å². The molecule has 3 fully saturated rings. The van der Waals surface area contributed by atoms with Gasteiger partial charge in [-0.3, -0.25) is 0 Å². The third kappa shape index (κ3) is 5.11. The van der Waals surface area contributed by atoms with Gasteiger partial charge in [0.25, 0.3) is 0 Å². The Morgan fingerprint density at radius 2 is 1.80 bits per heavy atom. The first-order valence-electron chi connectivity index (χ1n) is 12.2. The van der Waals surface area contributed by atoms with Gasteiger partial charge in [-0.05, 0) is 86.0 Å². The summed E-state index contributed by atoms with van der Waals surface area (Å²) in [4.78, 5) is 0.